The fourth-order valence-electron chi connectivity index (χ4n) is 0.769. The van der Waals surface area contributed by atoms with Gasteiger partial charge < -0.3 is 4.74 Å². The van der Waals surface area contributed by atoms with Crippen molar-refractivity contribution in [2.24, 2.45) is 0 Å². The number of thiol groups is 1. The Morgan fingerprint density at radius 1 is 1.71 bits per heavy atom. The topological polar surface area (TPSA) is 52.1 Å². The average molecular weight is 235 g/mol. The van der Waals surface area contributed by atoms with Crippen molar-refractivity contribution >= 4 is 30.7 Å². The molecule has 0 bridgehead atoms. The Labute approximate surface area is 93.1 Å². The molecule has 1 aromatic rings. The molecule has 0 spiro atoms. The molecule has 0 N–H and O–H groups in total. The lowest BCUT2D eigenvalue weighted by atomic mass is 10.2. The Morgan fingerprint density at radius 3 is 3.00 bits per heavy atom. The average Bonchev–Trinajstić information content (AvgIpc) is 2.15. The van der Waals surface area contributed by atoms with Crippen molar-refractivity contribution in [2.75, 3.05) is 6.61 Å². The van der Waals surface area contributed by atoms with Crippen LogP contribution in [0, 0.1) is 0 Å². The third-order valence-electron chi connectivity index (χ3n) is 1.37. The van der Waals surface area contributed by atoms with E-state index in [0.29, 0.717) is 17.2 Å². The summed E-state index contributed by atoms with van der Waals surface area (Å²) < 4.78 is 4.53. The fraction of sp³-hybridized carbons (Fsp3) is 0.375. The third kappa shape index (κ3) is 3.51. The maximum atomic E-state index is 9.91. The lowest BCUT2D eigenvalue weighted by molar-refractivity contribution is -0.128. The minimum absolute atomic E-state index is 0. The van der Waals surface area contributed by atoms with E-state index in [0.717, 1.165) is 0 Å². The predicted octanol–water partition coefficient (Wildman–Crippen LogP) is 1.91. The molecule has 6 heteroatoms. The summed E-state index contributed by atoms with van der Waals surface area (Å²) in [6, 6.07) is 0. The normalized spacial score (nSPS) is 11.3. The number of hydrogen-bond acceptors (Lipinski definition) is 5. The molecule has 14 heavy (non-hydrogen) atoms. The molecule has 1 atom stereocenters. The van der Waals surface area contributed by atoms with E-state index in [2.05, 4.69) is 27.3 Å². The lowest BCUT2D eigenvalue weighted by Crippen LogP contribution is -2.03. The summed E-state index contributed by atoms with van der Waals surface area (Å²) in [5, 5.41) is 0.0309. The molecule has 1 unspecified atom stereocenters. The molecule has 0 aromatic carbocycles. The van der Waals surface area contributed by atoms with E-state index in [1.165, 1.54) is 6.33 Å². The van der Waals surface area contributed by atoms with Gasteiger partial charge in [0.05, 0.1) is 5.25 Å². The van der Waals surface area contributed by atoms with Gasteiger partial charge in [0, 0.05) is 11.8 Å². The molecule has 0 aliphatic carbocycles. The van der Waals surface area contributed by atoms with E-state index in [1.807, 2.05) is 0 Å². The zero-order valence-corrected chi connectivity index (χ0v) is 8.20. The van der Waals surface area contributed by atoms with Crippen LogP contribution in [-0.4, -0.2) is 23.0 Å². The highest BCUT2D eigenvalue weighted by Gasteiger charge is 2.11. The van der Waals surface area contributed by atoms with Gasteiger partial charge in [0.2, 0.25) is 0 Å². The van der Waals surface area contributed by atoms with Crippen LogP contribution in [-0.2, 0) is 9.53 Å². The molecule has 0 saturated heterocycles. The SMILES string of the molecule is C.O=COCC(S)c1cncnc1Cl. The summed E-state index contributed by atoms with van der Waals surface area (Å²) in [7, 11) is 0. The van der Waals surface area contributed by atoms with E-state index in [9.17, 15) is 4.79 Å². The van der Waals surface area contributed by atoms with Gasteiger partial charge in [-0.2, -0.15) is 12.6 Å². The number of halogens is 1. The van der Waals surface area contributed by atoms with E-state index in [1.54, 1.807) is 6.20 Å². The van der Waals surface area contributed by atoms with Crippen molar-refractivity contribution in [1.29, 1.82) is 0 Å². The van der Waals surface area contributed by atoms with Gasteiger partial charge in [-0.15, -0.1) is 0 Å². The minimum Gasteiger partial charge on any atom is -0.466 e. The first kappa shape index (κ1) is 13.2. The van der Waals surface area contributed by atoms with Crippen LogP contribution >= 0.6 is 24.2 Å². The molecule has 0 aliphatic rings. The van der Waals surface area contributed by atoms with Gasteiger partial charge in [0.25, 0.3) is 6.47 Å². The second-order valence-electron chi connectivity index (χ2n) is 2.21. The van der Waals surface area contributed by atoms with Crippen molar-refractivity contribution in [1.82, 2.24) is 9.97 Å². The maximum Gasteiger partial charge on any atom is 0.293 e. The van der Waals surface area contributed by atoms with Crippen LogP contribution in [0.5, 0.6) is 0 Å². The fourth-order valence-corrected chi connectivity index (χ4v) is 1.34. The zero-order valence-electron chi connectivity index (χ0n) is 6.55. The highest BCUT2D eigenvalue weighted by Crippen LogP contribution is 2.24. The Morgan fingerprint density at radius 2 is 2.43 bits per heavy atom. The summed E-state index contributed by atoms with van der Waals surface area (Å²) in [5.74, 6) is 0. The first-order valence-corrected chi connectivity index (χ1v) is 4.34. The molecule has 1 heterocycles. The number of nitrogens with zero attached hydrogens (tertiary/aromatic N) is 2. The molecule has 0 aliphatic heterocycles. The van der Waals surface area contributed by atoms with Crippen LogP contribution in [0.15, 0.2) is 12.5 Å². The number of rotatable bonds is 4. The Balaban J connectivity index is 0.00000169. The molecule has 0 amide bonds. The van der Waals surface area contributed by atoms with E-state index in [4.69, 9.17) is 11.6 Å². The molecule has 78 valence electrons. The van der Waals surface area contributed by atoms with Gasteiger partial charge >= 0.3 is 0 Å². The Hall–Kier alpha value is -0.810. The van der Waals surface area contributed by atoms with Crippen molar-refractivity contribution < 1.29 is 9.53 Å². The zero-order chi connectivity index (χ0) is 9.68. The number of carbonyl (C=O) groups excluding carboxylic acids is 1. The van der Waals surface area contributed by atoms with Crippen molar-refractivity contribution in [3.05, 3.63) is 23.2 Å². The number of carbonyl (C=O) groups is 1. The summed E-state index contributed by atoms with van der Waals surface area (Å²) >= 11 is 9.93. The quantitative estimate of drug-likeness (QED) is 0.491. The highest BCUT2D eigenvalue weighted by atomic mass is 35.5. The highest BCUT2D eigenvalue weighted by molar-refractivity contribution is 7.80. The van der Waals surface area contributed by atoms with Gasteiger partial charge in [0.15, 0.2) is 0 Å². The summed E-state index contributed by atoms with van der Waals surface area (Å²) in [6.07, 6.45) is 2.88. The number of hydrogen-bond donors (Lipinski definition) is 1. The molecule has 1 aromatic heterocycles. The van der Waals surface area contributed by atoms with Crippen LogP contribution in [0.4, 0.5) is 0 Å². The van der Waals surface area contributed by atoms with Crippen LogP contribution in [0.2, 0.25) is 5.15 Å². The van der Waals surface area contributed by atoms with Gasteiger partial charge in [0.1, 0.15) is 18.1 Å². The van der Waals surface area contributed by atoms with E-state index >= 15 is 0 Å². The van der Waals surface area contributed by atoms with E-state index in [-0.39, 0.29) is 19.3 Å². The molecular formula is C8H11ClN2O2S. The first-order chi connectivity index (χ1) is 6.25. The number of aromatic nitrogens is 2. The minimum atomic E-state index is -0.293. The van der Waals surface area contributed by atoms with Crippen molar-refractivity contribution in [2.45, 2.75) is 12.7 Å². The summed E-state index contributed by atoms with van der Waals surface area (Å²) in [5.41, 5.74) is 0.648. The third-order valence-corrected chi connectivity index (χ3v) is 2.11. The standard InChI is InChI=1S/C7H7ClN2O2S.CH4/c8-7-5(1-9-3-10-7)6(13)2-12-4-11;/h1,3-4,6,13H,2H2;1H4. The molecule has 0 fully saturated rings. The second kappa shape index (κ2) is 6.62. The van der Waals surface area contributed by atoms with Crippen molar-refractivity contribution in [3.63, 3.8) is 0 Å². The molecule has 1 rings (SSSR count). The first-order valence-electron chi connectivity index (χ1n) is 3.44. The predicted molar refractivity (Wildman–Crippen MR) is 57.5 cm³/mol. The van der Waals surface area contributed by atoms with Crippen LogP contribution < -0.4 is 0 Å². The largest absolute Gasteiger partial charge is 0.466 e. The van der Waals surface area contributed by atoms with Gasteiger partial charge in [-0.25, -0.2) is 9.97 Å². The van der Waals surface area contributed by atoms with Crippen LogP contribution in [0.1, 0.15) is 18.2 Å². The maximum absolute atomic E-state index is 9.91. The number of ether oxygens (including phenoxy) is 1. The van der Waals surface area contributed by atoms with E-state index < -0.39 is 0 Å². The monoisotopic (exact) mass is 234 g/mol. The van der Waals surface area contributed by atoms with Crippen LogP contribution in [0.25, 0.3) is 0 Å². The van der Waals surface area contributed by atoms with Gasteiger partial charge in [-0.3, -0.25) is 4.79 Å². The Bertz CT molecular complexity index is 298. The molecular weight excluding hydrogens is 224 g/mol. The molecule has 4 nitrogen and oxygen atoms in total. The summed E-state index contributed by atoms with van der Waals surface area (Å²) in [4.78, 5) is 17.5. The van der Waals surface area contributed by atoms with Gasteiger partial charge in [-0.05, 0) is 0 Å². The van der Waals surface area contributed by atoms with Crippen molar-refractivity contribution in [3.8, 4) is 0 Å². The smallest absolute Gasteiger partial charge is 0.293 e. The molecule has 0 radical (unpaired) electrons. The second-order valence-corrected chi connectivity index (χ2v) is 3.20. The lowest BCUT2D eigenvalue weighted by Gasteiger charge is -2.09. The van der Waals surface area contributed by atoms with Gasteiger partial charge in [-0.1, -0.05) is 19.0 Å². The molecule has 0 saturated carbocycles. The Kier molecular flexibility index (Phi) is 6.23. The van der Waals surface area contributed by atoms with Crippen LogP contribution in [0.3, 0.4) is 0 Å². The summed E-state index contributed by atoms with van der Waals surface area (Å²) in [6.45, 7) is 0.515.